The van der Waals surface area contributed by atoms with E-state index in [9.17, 15) is 14.4 Å². The van der Waals surface area contributed by atoms with E-state index in [2.05, 4.69) is 19.2 Å². The summed E-state index contributed by atoms with van der Waals surface area (Å²) in [5, 5.41) is 2.77. The molecule has 4 rings (SSSR count). The van der Waals surface area contributed by atoms with E-state index in [0.29, 0.717) is 30.3 Å². The SMILES string of the molecule is CC(C)c1ccc(COC(=O)CN2C(=O)N[C@]3(CCOc4ccccc43)C2=O)cc1. The van der Waals surface area contributed by atoms with Gasteiger partial charge >= 0.3 is 12.0 Å². The summed E-state index contributed by atoms with van der Waals surface area (Å²) in [7, 11) is 0. The van der Waals surface area contributed by atoms with Gasteiger partial charge in [-0.1, -0.05) is 56.3 Å². The predicted molar refractivity (Wildman–Crippen MR) is 109 cm³/mol. The van der Waals surface area contributed by atoms with Crippen molar-refractivity contribution in [3.05, 3.63) is 65.2 Å². The molecule has 7 nitrogen and oxygen atoms in total. The third kappa shape index (κ3) is 3.51. The number of imide groups is 1. The van der Waals surface area contributed by atoms with E-state index in [0.717, 1.165) is 10.5 Å². The Bertz CT molecular complexity index is 985. The van der Waals surface area contributed by atoms with Crippen molar-refractivity contribution in [2.75, 3.05) is 13.2 Å². The monoisotopic (exact) mass is 408 g/mol. The van der Waals surface area contributed by atoms with Crippen molar-refractivity contribution >= 4 is 17.9 Å². The van der Waals surface area contributed by atoms with Gasteiger partial charge in [0.05, 0.1) is 6.61 Å². The van der Waals surface area contributed by atoms with Gasteiger partial charge in [-0.25, -0.2) is 4.79 Å². The second kappa shape index (κ2) is 7.82. The number of benzene rings is 2. The van der Waals surface area contributed by atoms with E-state index in [1.807, 2.05) is 30.3 Å². The van der Waals surface area contributed by atoms with Crippen molar-refractivity contribution in [3.8, 4) is 5.75 Å². The summed E-state index contributed by atoms with van der Waals surface area (Å²) in [5.41, 5.74) is 1.46. The number of carbonyl (C=O) groups is 3. The number of hydrogen-bond donors (Lipinski definition) is 1. The molecule has 3 amide bonds. The number of fused-ring (bicyclic) bond motifs is 2. The topological polar surface area (TPSA) is 84.9 Å². The molecule has 30 heavy (non-hydrogen) atoms. The fraction of sp³-hybridized carbons (Fsp3) is 0.348. The molecule has 7 heteroatoms. The molecule has 0 aliphatic carbocycles. The maximum absolute atomic E-state index is 13.1. The molecule has 1 spiro atoms. The van der Waals surface area contributed by atoms with Crippen molar-refractivity contribution in [1.29, 1.82) is 0 Å². The highest BCUT2D eigenvalue weighted by atomic mass is 16.5. The number of carbonyl (C=O) groups excluding carboxylic acids is 3. The Hall–Kier alpha value is -3.35. The molecule has 1 saturated heterocycles. The first-order chi connectivity index (χ1) is 14.4. The highest BCUT2D eigenvalue weighted by Gasteiger charge is 2.55. The Morgan fingerprint density at radius 2 is 1.90 bits per heavy atom. The second-order valence-electron chi connectivity index (χ2n) is 7.88. The number of nitrogens with one attached hydrogen (secondary N) is 1. The van der Waals surface area contributed by atoms with Crippen LogP contribution in [-0.4, -0.2) is 36.0 Å². The number of para-hydroxylation sites is 1. The van der Waals surface area contributed by atoms with Crippen LogP contribution in [-0.2, 0) is 26.5 Å². The summed E-state index contributed by atoms with van der Waals surface area (Å²) in [6, 6.07) is 14.3. The number of nitrogens with zero attached hydrogens (tertiary/aromatic N) is 1. The Morgan fingerprint density at radius 1 is 1.17 bits per heavy atom. The highest BCUT2D eigenvalue weighted by Crippen LogP contribution is 2.40. The first-order valence-corrected chi connectivity index (χ1v) is 10.0. The zero-order valence-corrected chi connectivity index (χ0v) is 17.0. The lowest BCUT2D eigenvalue weighted by Crippen LogP contribution is -2.47. The summed E-state index contributed by atoms with van der Waals surface area (Å²) in [6.07, 6.45) is 0.308. The molecular formula is C23H24N2O5. The van der Waals surface area contributed by atoms with Crippen LogP contribution in [0, 0.1) is 0 Å². The van der Waals surface area contributed by atoms with Crippen molar-refractivity contribution in [2.45, 2.75) is 38.3 Å². The number of hydrogen-bond acceptors (Lipinski definition) is 5. The molecule has 2 aliphatic heterocycles. The van der Waals surface area contributed by atoms with Crippen LogP contribution >= 0.6 is 0 Å². The molecule has 156 valence electrons. The van der Waals surface area contributed by atoms with Gasteiger partial charge in [-0.2, -0.15) is 0 Å². The van der Waals surface area contributed by atoms with Crippen molar-refractivity contribution in [2.24, 2.45) is 0 Å². The molecule has 0 bridgehead atoms. The van der Waals surface area contributed by atoms with Crippen LogP contribution in [0.1, 0.15) is 42.9 Å². The minimum atomic E-state index is -1.20. The summed E-state index contributed by atoms with van der Waals surface area (Å²) < 4.78 is 10.9. The van der Waals surface area contributed by atoms with Crippen LogP contribution in [0.5, 0.6) is 5.75 Å². The molecular weight excluding hydrogens is 384 g/mol. The Kier molecular flexibility index (Phi) is 5.20. The van der Waals surface area contributed by atoms with Crippen LogP contribution < -0.4 is 10.1 Å². The number of urea groups is 1. The third-order valence-corrected chi connectivity index (χ3v) is 5.59. The molecule has 0 saturated carbocycles. The zero-order chi connectivity index (χ0) is 21.3. The molecule has 2 aromatic rings. The van der Waals surface area contributed by atoms with E-state index < -0.39 is 30.0 Å². The van der Waals surface area contributed by atoms with Crippen molar-refractivity contribution < 1.29 is 23.9 Å². The number of esters is 1. The van der Waals surface area contributed by atoms with Gasteiger partial charge in [0.15, 0.2) is 5.54 Å². The normalized spacial score (nSPS) is 20.2. The Balaban J connectivity index is 1.42. The smallest absolute Gasteiger partial charge is 0.326 e. The average molecular weight is 408 g/mol. The van der Waals surface area contributed by atoms with Crippen LogP contribution in [0.3, 0.4) is 0 Å². The van der Waals surface area contributed by atoms with Gasteiger partial charge in [-0.05, 0) is 23.1 Å². The predicted octanol–water partition coefficient (Wildman–Crippen LogP) is 3.08. The summed E-state index contributed by atoms with van der Waals surface area (Å²) in [6.45, 7) is 4.17. The summed E-state index contributed by atoms with van der Waals surface area (Å²) >= 11 is 0. The molecule has 0 radical (unpaired) electrons. The zero-order valence-electron chi connectivity index (χ0n) is 17.0. The molecule has 1 fully saturated rings. The van der Waals surface area contributed by atoms with Gasteiger partial charge in [-0.15, -0.1) is 0 Å². The van der Waals surface area contributed by atoms with Crippen LogP contribution in [0.2, 0.25) is 0 Å². The van der Waals surface area contributed by atoms with Gasteiger partial charge in [0.2, 0.25) is 0 Å². The fourth-order valence-electron chi connectivity index (χ4n) is 3.85. The minimum absolute atomic E-state index is 0.0860. The maximum Gasteiger partial charge on any atom is 0.326 e. The number of rotatable bonds is 5. The minimum Gasteiger partial charge on any atom is -0.493 e. The lowest BCUT2D eigenvalue weighted by atomic mass is 9.84. The summed E-state index contributed by atoms with van der Waals surface area (Å²) in [4.78, 5) is 38.9. The molecule has 1 N–H and O–H groups in total. The van der Waals surface area contributed by atoms with Crippen LogP contribution in [0.25, 0.3) is 0 Å². The van der Waals surface area contributed by atoms with E-state index in [1.165, 1.54) is 5.56 Å². The fourth-order valence-corrected chi connectivity index (χ4v) is 3.85. The molecule has 0 aromatic heterocycles. The highest BCUT2D eigenvalue weighted by molar-refractivity contribution is 6.09. The van der Waals surface area contributed by atoms with E-state index in [-0.39, 0.29) is 6.61 Å². The van der Waals surface area contributed by atoms with Gasteiger partial charge in [0.1, 0.15) is 18.9 Å². The van der Waals surface area contributed by atoms with Gasteiger partial charge in [0.25, 0.3) is 5.91 Å². The average Bonchev–Trinajstić information content (AvgIpc) is 2.97. The molecule has 1 atom stereocenters. The molecule has 2 aromatic carbocycles. The molecule has 0 unspecified atom stereocenters. The first-order valence-electron chi connectivity index (χ1n) is 10.0. The third-order valence-electron chi connectivity index (χ3n) is 5.59. The standard InChI is InChI=1S/C23H24N2O5/c1-15(2)17-9-7-16(8-10-17)14-30-20(26)13-25-21(27)23(24-22(25)28)11-12-29-19-6-4-3-5-18(19)23/h3-10,15H,11-14H2,1-2H3,(H,24,28)/t23-/m0/s1. The van der Waals surface area contributed by atoms with E-state index in [4.69, 9.17) is 9.47 Å². The lowest BCUT2D eigenvalue weighted by Gasteiger charge is -2.33. The van der Waals surface area contributed by atoms with Gasteiger partial charge in [-0.3, -0.25) is 14.5 Å². The van der Waals surface area contributed by atoms with E-state index >= 15 is 0 Å². The Morgan fingerprint density at radius 3 is 2.63 bits per heavy atom. The van der Waals surface area contributed by atoms with Crippen LogP contribution in [0.15, 0.2) is 48.5 Å². The van der Waals surface area contributed by atoms with Crippen molar-refractivity contribution in [3.63, 3.8) is 0 Å². The quantitative estimate of drug-likeness (QED) is 0.607. The van der Waals surface area contributed by atoms with Crippen LogP contribution in [0.4, 0.5) is 4.79 Å². The number of ether oxygens (including phenoxy) is 2. The van der Waals surface area contributed by atoms with Crippen molar-refractivity contribution in [1.82, 2.24) is 10.2 Å². The Labute approximate surface area is 175 Å². The van der Waals surface area contributed by atoms with Gasteiger partial charge in [0, 0.05) is 12.0 Å². The first kappa shape index (κ1) is 19.9. The molecule has 2 aliphatic rings. The second-order valence-corrected chi connectivity index (χ2v) is 7.88. The summed E-state index contributed by atoms with van der Waals surface area (Å²) in [5.74, 6) is -0.110. The molecule has 2 heterocycles. The van der Waals surface area contributed by atoms with Gasteiger partial charge < -0.3 is 14.8 Å². The number of amides is 3. The van der Waals surface area contributed by atoms with E-state index in [1.54, 1.807) is 18.2 Å². The largest absolute Gasteiger partial charge is 0.493 e. The maximum atomic E-state index is 13.1. The lowest BCUT2D eigenvalue weighted by molar-refractivity contribution is -0.149.